The van der Waals surface area contributed by atoms with Crippen molar-refractivity contribution in [2.24, 2.45) is 5.73 Å². The van der Waals surface area contributed by atoms with Crippen molar-refractivity contribution in [2.75, 3.05) is 5.73 Å². The van der Waals surface area contributed by atoms with Crippen molar-refractivity contribution in [1.29, 1.82) is 0 Å². The van der Waals surface area contributed by atoms with Gasteiger partial charge in [-0.25, -0.2) is 4.79 Å². The number of benzene rings is 1. The Hall–Kier alpha value is -1.55. The molecule has 0 spiro atoms. The molecular weight excluding hydrogens is 216 g/mol. The van der Waals surface area contributed by atoms with Crippen molar-refractivity contribution in [3.05, 3.63) is 29.3 Å². The molecule has 1 aliphatic carbocycles. The van der Waals surface area contributed by atoms with Crippen LogP contribution in [0.4, 0.5) is 5.69 Å². The molecule has 0 radical (unpaired) electrons. The van der Waals surface area contributed by atoms with E-state index in [4.69, 9.17) is 16.6 Å². The standard InChI is InChI=1S/C13H18N2O2/c14-10-3-1-2-8(6-10)9-4-5-11(13(16)17)12(15)7-9/h4-5,7-8,10H,1-3,6,14-15H2,(H,16,17). The van der Waals surface area contributed by atoms with Crippen LogP contribution in [0.2, 0.25) is 0 Å². The van der Waals surface area contributed by atoms with Gasteiger partial charge in [0.1, 0.15) is 0 Å². The van der Waals surface area contributed by atoms with Crippen LogP contribution in [0.1, 0.15) is 47.5 Å². The molecule has 17 heavy (non-hydrogen) atoms. The first-order valence-corrected chi connectivity index (χ1v) is 5.96. The molecule has 1 saturated carbocycles. The highest BCUT2D eigenvalue weighted by atomic mass is 16.4. The van der Waals surface area contributed by atoms with E-state index < -0.39 is 5.97 Å². The highest BCUT2D eigenvalue weighted by molar-refractivity contribution is 5.93. The third kappa shape index (κ3) is 2.58. The molecule has 92 valence electrons. The van der Waals surface area contributed by atoms with E-state index in [0.717, 1.165) is 31.2 Å². The molecule has 2 unspecified atom stereocenters. The fourth-order valence-corrected chi connectivity index (χ4v) is 2.56. The maximum atomic E-state index is 10.9. The average molecular weight is 234 g/mol. The number of aromatic carboxylic acids is 1. The summed E-state index contributed by atoms with van der Waals surface area (Å²) in [4.78, 5) is 10.9. The van der Waals surface area contributed by atoms with Crippen LogP contribution < -0.4 is 11.5 Å². The van der Waals surface area contributed by atoms with Crippen LogP contribution in [0.25, 0.3) is 0 Å². The van der Waals surface area contributed by atoms with Crippen molar-refractivity contribution in [1.82, 2.24) is 0 Å². The second kappa shape index (κ2) is 4.75. The summed E-state index contributed by atoms with van der Waals surface area (Å²) in [7, 11) is 0. The van der Waals surface area contributed by atoms with Crippen LogP contribution >= 0.6 is 0 Å². The molecule has 1 aliphatic rings. The number of carbonyl (C=O) groups is 1. The summed E-state index contributed by atoms with van der Waals surface area (Å²) >= 11 is 0. The molecule has 2 atom stereocenters. The van der Waals surface area contributed by atoms with Gasteiger partial charge < -0.3 is 16.6 Å². The van der Waals surface area contributed by atoms with Crippen LogP contribution in [-0.4, -0.2) is 17.1 Å². The topological polar surface area (TPSA) is 89.3 Å². The van der Waals surface area contributed by atoms with Crippen LogP contribution in [0.3, 0.4) is 0 Å². The molecule has 0 aliphatic heterocycles. The van der Waals surface area contributed by atoms with Gasteiger partial charge in [-0.2, -0.15) is 0 Å². The van der Waals surface area contributed by atoms with Gasteiger partial charge in [0.2, 0.25) is 0 Å². The highest BCUT2D eigenvalue weighted by Crippen LogP contribution is 2.33. The van der Waals surface area contributed by atoms with E-state index in [1.165, 1.54) is 0 Å². The van der Waals surface area contributed by atoms with Crippen molar-refractivity contribution < 1.29 is 9.90 Å². The van der Waals surface area contributed by atoms with E-state index in [2.05, 4.69) is 0 Å². The Labute approximate surface area is 101 Å². The van der Waals surface area contributed by atoms with Crippen molar-refractivity contribution >= 4 is 11.7 Å². The molecule has 1 fully saturated rings. The van der Waals surface area contributed by atoms with Gasteiger partial charge in [0, 0.05) is 11.7 Å². The molecule has 2 rings (SSSR count). The fourth-order valence-electron chi connectivity index (χ4n) is 2.56. The van der Waals surface area contributed by atoms with Crippen LogP contribution in [0.5, 0.6) is 0 Å². The van der Waals surface area contributed by atoms with Gasteiger partial charge in [-0.15, -0.1) is 0 Å². The lowest BCUT2D eigenvalue weighted by molar-refractivity contribution is 0.0698. The molecule has 0 amide bonds. The van der Waals surface area contributed by atoms with Gasteiger partial charge in [0.05, 0.1) is 5.56 Å². The molecule has 0 saturated heterocycles. The number of anilines is 1. The number of nitrogens with two attached hydrogens (primary N) is 2. The normalized spacial score (nSPS) is 24.5. The van der Waals surface area contributed by atoms with Crippen molar-refractivity contribution in [3.8, 4) is 0 Å². The molecule has 5 N–H and O–H groups in total. The van der Waals surface area contributed by atoms with E-state index >= 15 is 0 Å². The minimum absolute atomic E-state index is 0.175. The van der Waals surface area contributed by atoms with Crippen molar-refractivity contribution in [3.63, 3.8) is 0 Å². The predicted octanol–water partition coefficient (Wildman–Crippen LogP) is 1.95. The average Bonchev–Trinajstić information content (AvgIpc) is 2.28. The van der Waals surface area contributed by atoms with Crippen LogP contribution in [-0.2, 0) is 0 Å². The third-order valence-electron chi connectivity index (χ3n) is 3.49. The quantitative estimate of drug-likeness (QED) is 0.682. The summed E-state index contributed by atoms with van der Waals surface area (Å²) in [6.45, 7) is 0. The van der Waals surface area contributed by atoms with E-state index in [0.29, 0.717) is 11.6 Å². The lowest BCUT2D eigenvalue weighted by atomic mass is 9.81. The molecule has 1 aromatic rings. The number of rotatable bonds is 2. The van der Waals surface area contributed by atoms with E-state index in [-0.39, 0.29) is 11.6 Å². The second-order valence-electron chi connectivity index (χ2n) is 4.78. The van der Waals surface area contributed by atoms with Crippen LogP contribution in [0, 0.1) is 0 Å². The second-order valence-corrected chi connectivity index (χ2v) is 4.78. The van der Waals surface area contributed by atoms with Crippen LogP contribution in [0.15, 0.2) is 18.2 Å². The first-order chi connectivity index (χ1) is 8.08. The summed E-state index contributed by atoms with van der Waals surface area (Å²) in [6, 6.07) is 5.50. The monoisotopic (exact) mass is 234 g/mol. The highest BCUT2D eigenvalue weighted by Gasteiger charge is 2.21. The summed E-state index contributed by atoms with van der Waals surface area (Å²) in [5.41, 5.74) is 13.3. The fraction of sp³-hybridized carbons (Fsp3) is 0.462. The maximum Gasteiger partial charge on any atom is 0.337 e. The molecule has 4 heteroatoms. The van der Waals surface area contributed by atoms with E-state index in [1.54, 1.807) is 12.1 Å². The number of hydrogen-bond acceptors (Lipinski definition) is 3. The SMILES string of the molecule is Nc1cc(C2CCCC(N)C2)ccc1C(=O)O. The Bertz CT molecular complexity index is 431. The van der Waals surface area contributed by atoms with Gasteiger partial charge in [0.25, 0.3) is 0 Å². The molecule has 0 aromatic heterocycles. The lowest BCUT2D eigenvalue weighted by Gasteiger charge is -2.27. The summed E-state index contributed by atoms with van der Waals surface area (Å²) in [5.74, 6) is -0.557. The molecule has 0 bridgehead atoms. The molecular formula is C13H18N2O2. The number of hydrogen-bond donors (Lipinski definition) is 3. The number of carboxylic acids is 1. The van der Waals surface area contributed by atoms with Gasteiger partial charge in [-0.3, -0.25) is 0 Å². The van der Waals surface area contributed by atoms with Gasteiger partial charge in [0.15, 0.2) is 0 Å². The summed E-state index contributed by atoms with van der Waals surface area (Å²) in [5, 5.41) is 8.91. The van der Waals surface area contributed by atoms with Gasteiger partial charge in [-0.1, -0.05) is 12.5 Å². The Balaban J connectivity index is 2.22. The van der Waals surface area contributed by atoms with Crippen molar-refractivity contribution in [2.45, 2.75) is 37.6 Å². The summed E-state index contributed by atoms with van der Waals surface area (Å²) in [6.07, 6.45) is 4.29. The zero-order chi connectivity index (χ0) is 12.4. The molecule has 4 nitrogen and oxygen atoms in total. The first-order valence-electron chi connectivity index (χ1n) is 5.96. The Morgan fingerprint density at radius 3 is 2.71 bits per heavy atom. The number of carboxylic acid groups (broad SMARTS) is 1. The Morgan fingerprint density at radius 2 is 2.12 bits per heavy atom. The molecule has 0 heterocycles. The summed E-state index contributed by atoms with van der Waals surface area (Å²) < 4.78 is 0. The smallest absolute Gasteiger partial charge is 0.337 e. The first kappa shape index (κ1) is 11.9. The van der Waals surface area contributed by atoms with Gasteiger partial charge >= 0.3 is 5.97 Å². The lowest BCUT2D eigenvalue weighted by Crippen LogP contribution is -2.26. The Kier molecular flexibility index (Phi) is 3.33. The van der Waals surface area contributed by atoms with E-state index in [1.807, 2.05) is 6.07 Å². The number of nitrogen functional groups attached to an aromatic ring is 1. The minimum Gasteiger partial charge on any atom is -0.478 e. The maximum absolute atomic E-state index is 10.9. The third-order valence-corrected chi connectivity index (χ3v) is 3.49. The zero-order valence-electron chi connectivity index (χ0n) is 9.73. The van der Waals surface area contributed by atoms with Gasteiger partial charge in [-0.05, 0) is 42.9 Å². The molecule has 1 aromatic carbocycles. The zero-order valence-corrected chi connectivity index (χ0v) is 9.73. The largest absolute Gasteiger partial charge is 0.478 e. The minimum atomic E-state index is -0.977. The predicted molar refractivity (Wildman–Crippen MR) is 67.0 cm³/mol. The van der Waals surface area contributed by atoms with E-state index in [9.17, 15) is 4.79 Å². The Morgan fingerprint density at radius 1 is 1.35 bits per heavy atom.